The van der Waals surface area contributed by atoms with Gasteiger partial charge in [-0.3, -0.25) is 4.79 Å². The predicted molar refractivity (Wildman–Crippen MR) is 116 cm³/mol. The molecule has 0 saturated heterocycles. The van der Waals surface area contributed by atoms with Crippen LogP contribution in [0.3, 0.4) is 0 Å². The van der Waals surface area contributed by atoms with Crippen molar-refractivity contribution in [3.05, 3.63) is 65.3 Å². The number of allylic oxidation sites excluding steroid dienone is 3. The van der Waals surface area contributed by atoms with Crippen molar-refractivity contribution in [1.82, 2.24) is 15.0 Å². The number of benzene rings is 1. The van der Waals surface area contributed by atoms with Gasteiger partial charge in [0, 0.05) is 32.1 Å². The van der Waals surface area contributed by atoms with Gasteiger partial charge in [-0.05, 0) is 29.6 Å². The number of nitrogens with zero attached hydrogens (tertiary/aromatic N) is 5. The minimum atomic E-state index is -0.458. The Hall–Kier alpha value is -3.27. The van der Waals surface area contributed by atoms with E-state index in [0.717, 1.165) is 5.56 Å². The highest BCUT2D eigenvalue weighted by Crippen LogP contribution is 2.39. The summed E-state index contributed by atoms with van der Waals surface area (Å²) in [6.07, 6.45) is 5.49. The SMILES string of the molecule is CN(C)c1nc(NCc2cccc(F)c2)nc(C2=NSC3C(C(N)=O)=CC=CC23)n1. The second-order valence-electron chi connectivity index (χ2n) is 7.06. The molecule has 1 aromatic carbocycles. The summed E-state index contributed by atoms with van der Waals surface area (Å²) in [5, 5.41) is 2.94. The summed E-state index contributed by atoms with van der Waals surface area (Å²) in [6.45, 7) is 0.357. The van der Waals surface area contributed by atoms with Gasteiger partial charge in [0.05, 0.1) is 5.25 Å². The van der Waals surface area contributed by atoms with Crippen LogP contribution in [-0.2, 0) is 11.3 Å². The van der Waals surface area contributed by atoms with E-state index in [4.69, 9.17) is 5.73 Å². The Balaban J connectivity index is 1.61. The van der Waals surface area contributed by atoms with E-state index in [1.54, 1.807) is 23.1 Å². The number of nitrogens with one attached hydrogen (secondary N) is 1. The van der Waals surface area contributed by atoms with Crippen LogP contribution in [0.25, 0.3) is 0 Å². The molecule has 1 aliphatic carbocycles. The summed E-state index contributed by atoms with van der Waals surface area (Å²) >= 11 is 1.29. The van der Waals surface area contributed by atoms with Crippen LogP contribution >= 0.6 is 11.9 Å². The highest BCUT2D eigenvalue weighted by atomic mass is 32.2. The van der Waals surface area contributed by atoms with Crippen molar-refractivity contribution >= 4 is 35.5 Å². The van der Waals surface area contributed by atoms with Crippen molar-refractivity contribution in [2.24, 2.45) is 16.0 Å². The Kier molecular flexibility index (Phi) is 5.49. The first-order valence-electron chi connectivity index (χ1n) is 9.26. The van der Waals surface area contributed by atoms with Crippen molar-refractivity contribution in [2.75, 3.05) is 24.3 Å². The number of primary amides is 1. The smallest absolute Gasteiger partial charge is 0.245 e. The Bertz CT molecular complexity index is 1080. The zero-order valence-electron chi connectivity index (χ0n) is 16.4. The van der Waals surface area contributed by atoms with Gasteiger partial charge in [-0.15, -0.1) is 0 Å². The second kappa shape index (κ2) is 8.23. The van der Waals surface area contributed by atoms with E-state index in [1.165, 1.54) is 24.1 Å². The first-order valence-corrected chi connectivity index (χ1v) is 10.1. The molecule has 0 fully saturated rings. The summed E-state index contributed by atoms with van der Waals surface area (Å²) in [5.74, 6) is 0.325. The maximum Gasteiger partial charge on any atom is 0.245 e. The Morgan fingerprint density at radius 3 is 2.87 bits per heavy atom. The number of hydrogen-bond acceptors (Lipinski definition) is 8. The van der Waals surface area contributed by atoms with E-state index in [0.29, 0.717) is 35.6 Å². The summed E-state index contributed by atoms with van der Waals surface area (Å²) in [5.41, 5.74) is 7.46. The number of halogens is 1. The molecule has 8 nitrogen and oxygen atoms in total. The minimum absolute atomic E-state index is 0.156. The van der Waals surface area contributed by atoms with Crippen LogP contribution < -0.4 is 16.0 Å². The first-order chi connectivity index (χ1) is 14.4. The van der Waals surface area contributed by atoms with Crippen molar-refractivity contribution in [3.63, 3.8) is 0 Å². The third kappa shape index (κ3) is 4.04. The number of carbonyl (C=O) groups is 1. The molecule has 1 amide bonds. The van der Waals surface area contributed by atoms with Crippen molar-refractivity contribution < 1.29 is 9.18 Å². The van der Waals surface area contributed by atoms with Gasteiger partial charge in [-0.2, -0.15) is 15.0 Å². The van der Waals surface area contributed by atoms with E-state index in [9.17, 15) is 9.18 Å². The molecule has 30 heavy (non-hydrogen) atoms. The van der Waals surface area contributed by atoms with E-state index in [1.807, 2.05) is 26.2 Å². The quantitative estimate of drug-likeness (QED) is 0.682. The second-order valence-corrected chi connectivity index (χ2v) is 7.96. The fraction of sp³-hybridized carbons (Fsp3) is 0.250. The molecule has 2 aromatic rings. The van der Waals surface area contributed by atoms with Crippen LogP contribution in [0.1, 0.15) is 11.4 Å². The summed E-state index contributed by atoms with van der Waals surface area (Å²) in [4.78, 5) is 27.0. The average Bonchev–Trinajstić information content (AvgIpc) is 3.16. The molecule has 0 radical (unpaired) electrons. The predicted octanol–water partition coefficient (Wildman–Crippen LogP) is 2.11. The lowest BCUT2D eigenvalue weighted by molar-refractivity contribution is -0.114. The molecule has 2 atom stereocenters. The number of hydrogen-bond donors (Lipinski definition) is 2. The van der Waals surface area contributed by atoms with Gasteiger partial charge in [0.1, 0.15) is 11.5 Å². The van der Waals surface area contributed by atoms with E-state index in [2.05, 4.69) is 24.7 Å². The highest BCUT2D eigenvalue weighted by molar-refractivity contribution is 7.99. The van der Waals surface area contributed by atoms with Gasteiger partial charge in [0.2, 0.25) is 17.8 Å². The molecule has 3 N–H and O–H groups in total. The fourth-order valence-corrected chi connectivity index (χ4v) is 4.29. The molecule has 0 saturated carbocycles. The number of fused-ring (bicyclic) bond motifs is 1. The summed E-state index contributed by atoms with van der Waals surface area (Å²) < 4.78 is 18.0. The van der Waals surface area contributed by atoms with Crippen LogP contribution in [0, 0.1) is 11.7 Å². The standard InChI is InChI=1S/C20H20FN7OS/c1-28(2)20-25-18(15-13-7-4-8-14(17(22)29)16(13)30-27-15)24-19(26-20)23-10-11-5-3-6-12(21)9-11/h3-9,13,16H,10H2,1-2H3,(H2,22,29)(H,23,24,25,26). The molecule has 1 aliphatic heterocycles. The maximum absolute atomic E-state index is 13.4. The van der Waals surface area contributed by atoms with Crippen LogP contribution in [0.2, 0.25) is 0 Å². The normalized spacial score (nSPS) is 19.7. The lowest BCUT2D eigenvalue weighted by Gasteiger charge is -2.21. The third-order valence-electron chi connectivity index (χ3n) is 4.68. The fourth-order valence-electron chi connectivity index (χ4n) is 3.20. The van der Waals surface area contributed by atoms with Crippen LogP contribution in [-0.4, -0.2) is 45.9 Å². The molecule has 2 heterocycles. The van der Waals surface area contributed by atoms with E-state index >= 15 is 0 Å². The number of amides is 1. The van der Waals surface area contributed by atoms with Crippen LogP contribution in [0.15, 0.2) is 52.5 Å². The van der Waals surface area contributed by atoms with E-state index < -0.39 is 5.91 Å². The number of aromatic nitrogens is 3. The lowest BCUT2D eigenvalue weighted by atomic mass is 9.89. The van der Waals surface area contributed by atoms with Gasteiger partial charge in [-0.25, -0.2) is 8.79 Å². The lowest BCUT2D eigenvalue weighted by Crippen LogP contribution is -2.31. The minimum Gasteiger partial charge on any atom is -0.366 e. The molecule has 0 bridgehead atoms. The van der Waals surface area contributed by atoms with Gasteiger partial charge in [0.25, 0.3) is 0 Å². The largest absolute Gasteiger partial charge is 0.366 e. The van der Waals surface area contributed by atoms with Gasteiger partial charge in [0.15, 0.2) is 5.82 Å². The molecule has 4 rings (SSSR count). The monoisotopic (exact) mass is 425 g/mol. The summed E-state index contributed by atoms with van der Waals surface area (Å²) in [7, 11) is 3.66. The average molecular weight is 425 g/mol. The molecule has 154 valence electrons. The van der Waals surface area contributed by atoms with Gasteiger partial charge in [-0.1, -0.05) is 30.4 Å². The molecule has 2 aliphatic rings. The molecule has 10 heteroatoms. The number of nitrogens with two attached hydrogens (primary N) is 1. The third-order valence-corrected chi connectivity index (χ3v) is 5.76. The maximum atomic E-state index is 13.4. The zero-order chi connectivity index (χ0) is 21.3. The summed E-state index contributed by atoms with van der Waals surface area (Å²) in [6, 6.07) is 6.32. The number of anilines is 2. The Morgan fingerprint density at radius 2 is 2.13 bits per heavy atom. The Labute approximate surface area is 177 Å². The van der Waals surface area contributed by atoms with Crippen LogP contribution in [0.5, 0.6) is 0 Å². The van der Waals surface area contributed by atoms with Crippen molar-refractivity contribution in [1.29, 1.82) is 0 Å². The topological polar surface area (TPSA) is 109 Å². The first kappa shape index (κ1) is 20.0. The van der Waals surface area contributed by atoms with Gasteiger partial charge >= 0.3 is 0 Å². The number of rotatable bonds is 6. The van der Waals surface area contributed by atoms with E-state index in [-0.39, 0.29) is 17.0 Å². The zero-order valence-corrected chi connectivity index (χ0v) is 17.2. The van der Waals surface area contributed by atoms with Crippen molar-refractivity contribution in [3.8, 4) is 0 Å². The molecule has 1 aromatic heterocycles. The Morgan fingerprint density at radius 1 is 1.30 bits per heavy atom. The molecule has 2 unspecified atom stereocenters. The van der Waals surface area contributed by atoms with Crippen LogP contribution in [0.4, 0.5) is 16.3 Å². The van der Waals surface area contributed by atoms with Gasteiger partial charge < -0.3 is 16.0 Å². The molecular weight excluding hydrogens is 405 g/mol. The molecular formula is C20H20FN7OS. The highest BCUT2D eigenvalue weighted by Gasteiger charge is 2.39. The molecule has 0 spiro atoms. The van der Waals surface area contributed by atoms with Crippen molar-refractivity contribution in [2.45, 2.75) is 11.8 Å². The number of carbonyl (C=O) groups excluding carboxylic acids is 1.